The van der Waals surface area contributed by atoms with E-state index >= 15 is 0 Å². The molecule has 1 aromatic rings. The Balaban J connectivity index is 0.000000531. The Morgan fingerprint density at radius 1 is 1.16 bits per heavy atom. The smallest absolute Gasteiger partial charge is 0.123 e. The summed E-state index contributed by atoms with van der Waals surface area (Å²) in [7, 11) is 0. The average Bonchev–Trinajstić information content (AvgIpc) is 3.38. The monoisotopic (exact) mass is 350 g/mol. The first kappa shape index (κ1) is 21.8. The first-order chi connectivity index (χ1) is 11.6. The quantitative estimate of drug-likeness (QED) is 0.305. The highest BCUT2D eigenvalue weighted by molar-refractivity contribution is 5.53. The van der Waals surface area contributed by atoms with Crippen LogP contribution in [0.5, 0.6) is 0 Å². The van der Waals surface area contributed by atoms with Gasteiger partial charge in [-0.25, -0.2) is 9.78 Å². The van der Waals surface area contributed by atoms with E-state index in [0.717, 1.165) is 30.4 Å². The number of rotatable bonds is 7. The van der Waals surface area contributed by atoms with Crippen molar-refractivity contribution < 1.29 is 19.3 Å². The van der Waals surface area contributed by atoms with Gasteiger partial charge in [-0.05, 0) is 58.6 Å². The van der Waals surface area contributed by atoms with Gasteiger partial charge in [-0.3, -0.25) is 0 Å². The van der Waals surface area contributed by atoms with Gasteiger partial charge < -0.3 is 9.53 Å². The maximum Gasteiger partial charge on any atom is 0.123 e. The van der Waals surface area contributed by atoms with Gasteiger partial charge in [0.2, 0.25) is 0 Å². The standard InChI is InChI=1S/C17H26O3.C4H8O/c1-13(12-18)11-14-7-9-15(10-8-14)17(5,6)20-19-16(2,3)4;1-2-4-3-5-4/h7-10,12-13H,11H2,1-6H3;4H,2-3H2,1H3. The van der Waals surface area contributed by atoms with E-state index in [4.69, 9.17) is 14.5 Å². The molecule has 0 saturated carbocycles. The van der Waals surface area contributed by atoms with E-state index in [1.807, 2.05) is 65.8 Å². The molecule has 142 valence electrons. The lowest BCUT2D eigenvalue weighted by atomic mass is 9.95. The van der Waals surface area contributed by atoms with E-state index in [1.165, 1.54) is 6.42 Å². The third kappa shape index (κ3) is 9.15. The topological polar surface area (TPSA) is 48.1 Å². The van der Waals surface area contributed by atoms with Gasteiger partial charge in [-0.2, -0.15) is 0 Å². The minimum absolute atomic E-state index is 0.0503. The van der Waals surface area contributed by atoms with E-state index < -0.39 is 5.60 Å². The number of carbonyl (C=O) groups is 1. The highest BCUT2D eigenvalue weighted by Crippen LogP contribution is 2.27. The molecule has 1 aromatic carbocycles. The van der Waals surface area contributed by atoms with Crippen LogP contribution < -0.4 is 0 Å². The van der Waals surface area contributed by atoms with Crippen molar-refractivity contribution in [3.05, 3.63) is 35.4 Å². The molecule has 2 rings (SSSR count). The van der Waals surface area contributed by atoms with Crippen molar-refractivity contribution >= 4 is 6.29 Å². The van der Waals surface area contributed by atoms with Gasteiger partial charge in [0.1, 0.15) is 11.9 Å². The second kappa shape index (κ2) is 9.46. The van der Waals surface area contributed by atoms with Crippen LogP contribution in [-0.2, 0) is 31.3 Å². The molecule has 0 bridgehead atoms. The van der Waals surface area contributed by atoms with Crippen molar-refractivity contribution in [3.8, 4) is 0 Å². The summed E-state index contributed by atoms with van der Waals surface area (Å²) in [6.07, 6.45) is 3.58. The Bertz CT molecular complexity index is 510. The predicted octanol–water partition coefficient (Wildman–Crippen LogP) is 4.84. The van der Waals surface area contributed by atoms with Crippen molar-refractivity contribution in [1.29, 1.82) is 0 Å². The summed E-state index contributed by atoms with van der Waals surface area (Å²) < 4.78 is 4.86. The molecule has 0 aromatic heterocycles. The molecule has 4 heteroatoms. The minimum atomic E-state index is -0.512. The predicted molar refractivity (Wildman–Crippen MR) is 100 cm³/mol. The van der Waals surface area contributed by atoms with Crippen LogP contribution in [0.15, 0.2) is 24.3 Å². The fraction of sp³-hybridized carbons (Fsp3) is 0.667. The maximum absolute atomic E-state index is 10.7. The zero-order chi connectivity index (χ0) is 19.1. The molecule has 2 unspecified atom stereocenters. The Hall–Kier alpha value is -1.23. The van der Waals surface area contributed by atoms with E-state index in [2.05, 4.69) is 6.92 Å². The minimum Gasteiger partial charge on any atom is -0.373 e. The highest BCUT2D eigenvalue weighted by atomic mass is 17.2. The molecule has 1 aliphatic heterocycles. The van der Waals surface area contributed by atoms with Crippen molar-refractivity contribution in [3.63, 3.8) is 0 Å². The van der Waals surface area contributed by atoms with Crippen LogP contribution in [0.4, 0.5) is 0 Å². The van der Waals surface area contributed by atoms with E-state index in [-0.39, 0.29) is 11.5 Å². The number of ether oxygens (including phenoxy) is 1. The first-order valence-electron chi connectivity index (χ1n) is 9.10. The molecule has 1 fully saturated rings. The van der Waals surface area contributed by atoms with Gasteiger partial charge >= 0.3 is 0 Å². The molecule has 0 radical (unpaired) electrons. The number of carbonyl (C=O) groups excluding carboxylic acids is 1. The summed E-state index contributed by atoms with van der Waals surface area (Å²) in [5.41, 5.74) is 1.35. The van der Waals surface area contributed by atoms with Crippen LogP contribution in [0.1, 0.15) is 66.0 Å². The second-order valence-corrected chi connectivity index (χ2v) is 8.17. The third-order valence-electron chi connectivity index (χ3n) is 3.80. The van der Waals surface area contributed by atoms with Crippen LogP contribution in [-0.4, -0.2) is 24.6 Å². The van der Waals surface area contributed by atoms with Gasteiger partial charge in [0.15, 0.2) is 0 Å². The number of epoxide rings is 1. The van der Waals surface area contributed by atoms with Gasteiger partial charge in [0, 0.05) is 5.92 Å². The summed E-state index contributed by atoms with van der Waals surface area (Å²) >= 11 is 0. The number of hydrogen-bond acceptors (Lipinski definition) is 4. The lowest BCUT2D eigenvalue weighted by Gasteiger charge is -2.29. The summed E-state index contributed by atoms with van der Waals surface area (Å²) in [4.78, 5) is 21.7. The van der Waals surface area contributed by atoms with Gasteiger partial charge in [-0.1, -0.05) is 38.1 Å². The summed E-state index contributed by atoms with van der Waals surface area (Å²) in [5.74, 6) is 0.0503. The fourth-order valence-corrected chi connectivity index (χ4v) is 2.04. The van der Waals surface area contributed by atoms with E-state index in [9.17, 15) is 4.79 Å². The third-order valence-corrected chi connectivity index (χ3v) is 3.80. The molecule has 0 aliphatic carbocycles. The lowest BCUT2D eigenvalue weighted by molar-refractivity contribution is -0.401. The number of benzene rings is 1. The van der Waals surface area contributed by atoms with Gasteiger partial charge in [0.05, 0.1) is 18.3 Å². The molecule has 0 N–H and O–H groups in total. The SMILES string of the molecule is CC(C=O)Cc1ccc(C(C)(C)OOC(C)(C)C)cc1.CCC1CO1. The van der Waals surface area contributed by atoms with Crippen LogP contribution in [0.25, 0.3) is 0 Å². The van der Waals surface area contributed by atoms with Crippen molar-refractivity contribution in [1.82, 2.24) is 0 Å². The number of aldehydes is 1. The fourth-order valence-electron chi connectivity index (χ4n) is 2.04. The Morgan fingerprint density at radius 3 is 2.08 bits per heavy atom. The molecule has 2 atom stereocenters. The summed E-state index contributed by atoms with van der Waals surface area (Å²) in [6.45, 7) is 14.9. The first-order valence-corrected chi connectivity index (χ1v) is 9.10. The highest BCUT2D eigenvalue weighted by Gasteiger charge is 2.26. The van der Waals surface area contributed by atoms with E-state index in [0.29, 0.717) is 6.10 Å². The molecular formula is C21H34O4. The molecular weight excluding hydrogens is 316 g/mol. The zero-order valence-electron chi connectivity index (χ0n) is 16.8. The van der Waals surface area contributed by atoms with Crippen LogP contribution in [0, 0.1) is 5.92 Å². The summed E-state index contributed by atoms with van der Waals surface area (Å²) in [5, 5.41) is 0. The molecule has 0 amide bonds. The van der Waals surface area contributed by atoms with Crippen LogP contribution in [0.3, 0.4) is 0 Å². The van der Waals surface area contributed by atoms with Crippen LogP contribution >= 0.6 is 0 Å². The Kier molecular flexibility index (Phi) is 8.26. The Labute approximate surface area is 152 Å². The maximum atomic E-state index is 10.7. The second-order valence-electron chi connectivity index (χ2n) is 8.17. The van der Waals surface area contributed by atoms with Gasteiger partial charge in [0.25, 0.3) is 0 Å². The van der Waals surface area contributed by atoms with Crippen molar-refractivity contribution in [2.45, 2.75) is 78.6 Å². The molecule has 25 heavy (non-hydrogen) atoms. The molecule has 0 spiro atoms. The van der Waals surface area contributed by atoms with Crippen molar-refractivity contribution in [2.75, 3.05) is 6.61 Å². The van der Waals surface area contributed by atoms with Crippen LogP contribution in [0.2, 0.25) is 0 Å². The average molecular weight is 350 g/mol. The molecule has 1 aliphatic rings. The number of hydrogen-bond donors (Lipinski definition) is 0. The lowest BCUT2D eigenvalue weighted by Crippen LogP contribution is -2.28. The summed E-state index contributed by atoms with van der Waals surface area (Å²) in [6, 6.07) is 8.13. The van der Waals surface area contributed by atoms with Gasteiger partial charge in [-0.15, -0.1) is 0 Å². The zero-order valence-corrected chi connectivity index (χ0v) is 16.8. The van der Waals surface area contributed by atoms with E-state index in [1.54, 1.807) is 0 Å². The van der Waals surface area contributed by atoms with Crippen molar-refractivity contribution in [2.24, 2.45) is 5.92 Å². The molecule has 1 saturated heterocycles. The normalized spacial score (nSPS) is 18.1. The molecule has 4 nitrogen and oxygen atoms in total. The largest absolute Gasteiger partial charge is 0.373 e. The molecule has 1 heterocycles. The Morgan fingerprint density at radius 2 is 1.72 bits per heavy atom.